The number of rotatable bonds is 1. The summed E-state index contributed by atoms with van der Waals surface area (Å²) in [5.41, 5.74) is 0.517. The van der Waals surface area contributed by atoms with E-state index in [0.29, 0.717) is 16.7 Å². The third kappa shape index (κ3) is 3.01. The molecule has 1 aromatic rings. The first-order valence-corrected chi connectivity index (χ1v) is 6.46. The largest absolute Gasteiger partial charge is 0.335 e. The van der Waals surface area contributed by atoms with Crippen molar-refractivity contribution >= 4 is 39.3 Å². The molecule has 17 heavy (non-hydrogen) atoms. The molecule has 1 aliphatic heterocycles. The second-order valence-corrected chi connectivity index (χ2v) is 5.92. The Bertz CT molecular complexity index is 468. The fourth-order valence-corrected chi connectivity index (χ4v) is 2.25. The molecule has 3 nitrogen and oxygen atoms in total. The number of nitrogens with zero attached hydrogens (tertiary/aromatic N) is 1. The number of anilines is 1. The number of carbonyl (C=O) groups is 1. The lowest BCUT2D eigenvalue weighted by atomic mass is 9.96. The quantitative estimate of drug-likeness (QED) is 0.849. The van der Waals surface area contributed by atoms with Gasteiger partial charge in [0.2, 0.25) is 5.12 Å². The number of carbonyl (C=O) groups excluding carboxylic acids is 1. The van der Waals surface area contributed by atoms with Crippen molar-refractivity contribution in [2.75, 3.05) is 11.9 Å². The molecule has 0 spiro atoms. The molecule has 0 aliphatic carbocycles. The summed E-state index contributed by atoms with van der Waals surface area (Å²) in [5.74, 6) is 0. The number of hydrogen-bond donors (Lipinski definition) is 1. The minimum absolute atomic E-state index is 0.143. The minimum atomic E-state index is -0.365. The second kappa shape index (κ2) is 4.70. The molecule has 0 unspecified atom stereocenters. The average molecular weight is 269 g/mol. The highest BCUT2D eigenvalue weighted by Crippen LogP contribution is 2.30. The van der Waals surface area contributed by atoms with Gasteiger partial charge in [-0.05, 0) is 36.0 Å². The Morgan fingerprint density at radius 2 is 2.00 bits per heavy atom. The van der Waals surface area contributed by atoms with Gasteiger partial charge in [0.25, 0.3) is 0 Å². The summed E-state index contributed by atoms with van der Waals surface area (Å²) >= 11 is 6.96. The van der Waals surface area contributed by atoms with Crippen molar-refractivity contribution in [3.05, 3.63) is 29.3 Å². The van der Waals surface area contributed by atoms with Crippen LogP contribution in [-0.2, 0) is 4.79 Å². The van der Waals surface area contributed by atoms with E-state index in [1.807, 2.05) is 26.0 Å². The molecule has 1 heterocycles. The summed E-state index contributed by atoms with van der Waals surface area (Å²) in [6.45, 7) is 4.34. The first-order chi connectivity index (χ1) is 7.97. The van der Waals surface area contributed by atoms with Gasteiger partial charge >= 0.3 is 0 Å². The molecule has 90 valence electrons. The number of thioether (sulfide) groups is 1. The van der Waals surface area contributed by atoms with Crippen LogP contribution in [0.25, 0.3) is 0 Å². The molecule has 1 N–H and O–H groups in total. The van der Waals surface area contributed by atoms with Crippen LogP contribution >= 0.6 is 23.4 Å². The van der Waals surface area contributed by atoms with E-state index in [9.17, 15) is 4.79 Å². The molecule has 0 atom stereocenters. The topological polar surface area (TPSA) is 41.5 Å². The highest BCUT2D eigenvalue weighted by molar-refractivity contribution is 8.26. The molecule has 0 bridgehead atoms. The third-order valence-corrected chi connectivity index (χ3v) is 3.87. The van der Waals surface area contributed by atoms with E-state index in [1.54, 1.807) is 12.1 Å². The minimum Gasteiger partial charge on any atom is -0.335 e. The van der Waals surface area contributed by atoms with Crippen LogP contribution in [0.1, 0.15) is 13.8 Å². The molecule has 0 amide bonds. The number of halogens is 1. The van der Waals surface area contributed by atoms with Gasteiger partial charge in [0.1, 0.15) is 0 Å². The van der Waals surface area contributed by atoms with Gasteiger partial charge in [0.15, 0.2) is 5.17 Å². The predicted molar refractivity (Wildman–Crippen MR) is 73.8 cm³/mol. The van der Waals surface area contributed by atoms with Crippen LogP contribution in [0.15, 0.2) is 29.3 Å². The van der Waals surface area contributed by atoms with Crippen molar-refractivity contribution in [2.24, 2.45) is 10.4 Å². The fourth-order valence-electron chi connectivity index (χ4n) is 1.31. The molecule has 0 saturated carbocycles. The van der Waals surface area contributed by atoms with Gasteiger partial charge in [0, 0.05) is 10.7 Å². The second-order valence-electron chi connectivity index (χ2n) is 4.53. The molecule has 0 aromatic heterocycles. The highest BCUT2D eigenvalue weighted by Gasteiger charge is 2.32. The summed E-state index contributed by atoms with van der Waals surface area (Å²) in [6.07, 6.45) is 0. The van der Waals surface area contributed by atoms with Crippen molar-refractivity contribution in [3.63, 3.8) is 0 Å². The molecule has 1 aliphatic rings. The van der Waals surface area contributed by atoms with Crippen LogP contribution in [0.5, 0.6) is 0 Å². The maximum atomic E-state index is 11.8. The van der Waals surface area contributed by atoms with Crippen LogP contribution in [0.2, 0.25) is 5.02 Å². The first kappa shape index (κ1) is 12.5. The summed E-state index contributed by atoms with van der Waals surface area (Å²) in [6, 6.07) is 7.30. The SMILES string of the molecule is CC1(C)CN=C(Nc2ccc(Cl)cc2)SC1=O. The Morgan fingerprint density at radius 3 is 2.59 bits per heavy atom. The van der Waals surface area contributed by atoms with E-state index in [1.165, 1.54) is 0 Å². The van der Waals surface area contributed by atoms with E-state index in [0.717, 1.165) is 17.4 Å². The molecule has 5 heteroatoms. The van der Waals surface area contributed by atoms with Crippen LogP contribution in [-0.4, -0.2) is 16.8 Å². The molecule has 1 aromatic carbocycles. The van der Waals surface area contributed by atoms with E-state index in [2.05, 4.69) is 10.3 Å². The van der Waals surface area contributed by atoms with Gasteiger partial charge in [-0.3, -0.25) is 9.79 Å². The van der Waals surface area contributed by atoms with E-state index in [4.69, 9.17) is 11.6 Å². The van der Waals surface area contributed by atoms with Gasteiger partial charge in [-0.15, -0.1) is 0 Å². The lowest BCUT2D eigenvalue weighted by Gasteiger charge is -2.25. The fraction of sp³-hybridized carbons (Fsp3) is 0.333. The first-order valence-electron chi connectivity index (χ1n) is 5.27. The van der Waals surface area contributed by atoms with Crippen LogP contribution in [0.3, 0.4) is 0 Å². The summed E-state index contributed by atoms with van der Waals surface area (Å²) in [5, 5.41) is 4.59. The summed E-state index contributed by atoms with van der Waals surface area (Å²) in [7, 11) is 0. The van der Waals surface area contributed by atoms with Crippen molar-refractivity contribution in [2.45, 2.75) is 13.8 Å². The van der Waals surface area contributed by atoms with E-state index < -0.39 is 0 Å². The lowest BCUT2D eigenvalue weighted by Crippen LogP contribution is -2.32. The van der Waals surface area contributed by atoms with Gasteiger partial charge in [-0.2, -0.15) is 0 Å². The predicted octanol–water partition coefficient (Wildman–Crippen LogP) is 3.41. The summed E-state index contributed by atoms with van der Waals surface area (Å²) in [4.78, 5) is 16.2. The zero-order valence-corrected chi connectivity index (χ0v) is 11.2. The van der Waals surface area contributed by atoms with Gasteiger partial charge in [-0.1, -0.05) is 25.4 Å². The molecule has 0 radical (unpaired) electrons. The summed E-state index contributed by atoms with van der Waals surface area (Å²) < 4.78 is 0. The number of aliphatic imine (C=N–C) groups is 1. The monoisotopic (exact) mass is 268 g/mol. The molecule has 0 saturated heterocycles. The van der Waals surface area contributed by atoms with Crippen molar-refractivity contribution in [3.8, 4) is 0 Å². The zero-order chi connectivity index (χ0) is 12.5. The smallest absolute Gasteiger partial charge is 0.204 e. The van der Waals surface area contributed by atoms with E-state index in [-0.39, 0.29) is 10.5 Å². The molecular formula is C12H13ClN2OS. The number of nitrogens with one attached hydrogen (secondary N) is 1. The number of benzene rings is 1. The van der Waals surface area contributed by atoms with Gasteiger partial charge in [-0.25, -0.2) is 0 Å². The van der Waals surface area contributed by atoms with Crippen LogP contribution in [0.4, 0.5) is 5.69 Å². The molecular weight excluding hydrogens is 256 g/mol. The normalized spacial score (nSPS) is 18.8. The average Bonchev–Trinajstić information content (AvgIpc) is 2.27. The van der Waals surface area contributed by atoms with Crippen LogP contribution < -0.4 is 5.32 Å². The Labute approximate surface area is 110 Å². The van der Waals surface area contributed by atoms with Crippen LogP contribution in [0, 0.1) is 5.41 Å². The highest BCUT2D eigenvalue weighted by atomic mass is 35.5. The Kier molecular flexibility index (Phi) is 3.45. The lowest BCUT2D eigenvalue weighted by molar-refractivity contribution is -0.117. The Morgan fingerprint density at radius 1 is 1.35 bits per heavy atom. The third-order valence-electron chi connectivity index (χ3n) is 2.46. The molecule has 0 fully saturated rings. The maximum absolute atomic E-state index is 11.8. The van der Waals surface area contributed by atoms with Gasteiger partial charge < -0.3 is 5.32 Å². The number of hydrogen-bond acceptors (Lipinski definition) is 4. The van der Waals surface area contributed by atoms with Crippen molar-refractivity contribution in [1.29, 1.82) is 0 Å². The number of amidine groups is 1. The van der Waals surface area contributed by atoms with Crippen molar-refractivity contribution < 1.29 is 4.79 Å². The van der Waals surface area contributed by atoms with Gasteiger partial charge in [0.05, 0.1) is 12.0 Å². The maximum Gasteiger partial charge on any atom is 0.204 e. The van der Waals surface area contributed by atoms with E-state index >= 15 is 0 Å². The van der Waals surface area contributed by atoms with Crippen molar-refractivity contribution in [1.82, 2.24) is 0 Å². The Balaban J connectivity index is 2.08. The molecule has 2 rings (SSSR count). The Hall–Kier alpha value is -1.00. The zero-order valence-electron chi connectivity index (χ0n) is 9.66. The standard InChI is InChI=1S/C12H13ClN2OS/c1-12(2)7-14-11(17-10(12)16)15-9-5-3-8(13)4-6-9/h3-6H,7H2,1-2H3,(H,14,15).